The lowest BCUT2D eigenvalue weighted by Gasteiger charge is -2.29. The number of methoxy groups -OCH3 is 1. The first-order valence-corrected chi connectivity index (χ1v) is 6.63. The van der Waals surface area contributed by atoms with Crippen LogP contribution in [0.2, 0.25) is 0 Å². The Labute approximate surface area is 111 Å². The topological polar surface area (TPSA) is 38.5 Å². The summed E-state index contributed by atoms with van der Waals surface area (Å²) in [5, 5.41) is 0. The number of nitrogens with two attached hydrogens (primary N) is 1. The molecule has 0 amide bonds. The molecule has 0 aliphatic carbocycles. The van der Waals surface area contributed by atoms with E-state index in [4.69, 9.17) is 10.5 Å². The predicted molar refractivity (Wildman–Crippen MR) is 76.8 cm³/mol. The maximum atomic E-state index is 5.89. The smallest absolute Gasteiger partial charge is 0.0589 e. The maximum Gasteiger partial charge on any atom is 0.0589 e. The van der Waals surface area contributed by atoms with Gasteiger partial charge in [0.15, 0.2) is 0 Å². The molecule has 1 aromatic rings. The van der Waals surface area contributed by atoms with Crippen molar-refractivity contribution in [3.63, 3.8) is 0 Å². The van der Waals surface area contributed by atoms with Crippen LogP contribution in [0.15, 0.2) is 30.3 Å². The van der Waals surface area contributed by atoms with Crippen molar-refractivity contribution in [2.75, 3.05) is 33.9 Å². The van der Waals surface area contributed by atoms with Gasteiger partial charge >= 0.3 is 0 Å². The average molecular weight is 250 g/mol. The minimum absolute atomic E-state index is 0.412. The molecule has 0 heterocycles. The van der Waals surface area contributed by atoms with Crippen molar-refractivity contribution in [1.29, 1.82) is 0 Å². The van der Waals surface area contributed by atoms with Gasteiger partial charge in [0, 0.05) is 26.2 Å². The summed E-state index contributed by atoms with van der Waals surface area (Å²) in [6.45, 7) is 4.64. The maximum absolute atomic E-state index is 5.89. The van der Waals surface area contributed by atoms with Crippen LogP contribution in [0.1, 0.15) is 24.8 Å². The molecule has 18 heavy (non-hydrogen) atoms. The van der Waals surface area contributed by atoms with Crippen molar-refractivity contribution < 1.29 is 4.74 Å². The standard InChI is InChI=1S/C15H26N2O/c1-13(14-7-5-4-6-8-14)11-15(12-16)17(2)9-10-18-3/h4-8,13,15H,9-12,16H2,1-3H3. The van der Waals surface area contributed by atoms with E-state index in [0.717, 1.165) is 19.6 Å². The molecule has 0 aliphatic rings. The number of hydrogen-bond acceptors (Lipinski definition) is 3. The van der Waals surface area contributed by atoms with Crippen LogP contribution in [0, 0.1) is 0 Å². The molecule has 0 bridgehead atoms. The Morgan fingerprint density at radius 2 is 1.94 bits per heavy atom. The molecule has 0 aliphatic heterocycles. The van der Waals surface area contributed by atoms with Crippen molar-refractivity contribution >= 4 is 0 Å². The van der Waals surface area contributed by atoms with Gasteiger partial charge in [0.1, 0.15) is 0 Å². The number of likely N-dealkylation sites (N-methyl/N-ethyl adjacent to an activating group) is 1. The minimum Gasteiger partial charge on any atom is -0.383 e. The van der Waals surface area contributed by atoms with E-state index in [2.05, 4.69) is 49.2 Å². The Morgan fingerprint density at radius 3 is 2.50 bits per heavy atom. The van der Waals surface area contributed by atoms with Gasteiger partial charge in [-0.2, -0.15) is 0 Å². The van der Waals surface area contributed by atoms with Gasteiger partial charge in [0.2, 0.25) is 0 Å². The molecule has 0 saturated carbocycles. The summed E-state index contributed by atoms with van der Waals surface area (Å²) >= 11 is 0. The molecule has 0 saturated heterocycles. The van der Waals surface area contributed by atoms with Crippen molar-refractivity contribution in [3.05, 3.63) is 35.9 Å². The van der Waals surface area contributed by atoms with Crippen LogP contribution < -0.4 is 5.73 Å². The van der Waals surface area contributed by atoms with E-state index in [1.54, 1.807) is 7.11 Å². The highest BCUT2D eigenvalue weighted by Gasteiger charge is 2.17. The Bertz CT molecular complexity index is 316. The summed E-state index contributed by atoms with van der Waals surface area (Å²) in [6, 6.07) is 11.0. The van der Waals surface area contributed by atoms with Crippen molar-refractivity contribution in [2.24, 2.45) is 5.73 Å². The number of rotatable bonds is 8. The summed E-state index contributed by atoms with van der Waals surface area (Å²) < 4.78 is 5.11. The predicted octanol–water partition coefficient (Wildman–Crippen LogP) is 2.09. The van der Waals surface area contributed by atoms with Crippen LogP contribution in [0.25, 0.3) is 0 Å². The monoisotopic (exact) mass is 250 g/mol. The molecular formula is C15H26N2O. The lowest BCUT2D eigenvalue weighted by molar-refractivity contribution is 0.135. The molecule has 0 fully saturated rings. The third-order valence-corrected chi connectivity index (χ3v) is 3.54. The fourth-order valence-electron chi connectivity index (χ4n) is 2.20. The van der Waals surface area contributed by atoms with Gasteiger partial charge in [-0.25, -0.2) is 0 Å². The fourth-order valence-corrected chi connectivity index (χ4v) is 2.20. The van der Waals surface area contributed by atoms with Crippen LogP contribution in [0.5, 0.6) is 0 Å². The normalized spacial score (nSPS) is 14.7. The molecule has 2 unspecified atom stereocenters. The van der Waals surface area contributed by atoms with Gasteiger partial charge in [-0.15, -0.1) is 0 Å². The van der Waals surface area contributed by atoms with Gasteiger partial charge in [-0.1, -0.05) is 37.3 Å². The van der Waals surface area contributed by atoms with Gasteiger partial charge in [-0.3, -0.25) is 4.90 Å². The SMILES string of the molecule is COCCN(C)C(CN)CC(C)c1ccccc1. The number of benzene rings is 1. The van der Waals surface area contributed by atoms with E-state index in [9.17, 15) is 0 Å². The molecule has 0 spiro atoms. The van der Waals surface area contributed by atoms with Crippen LogP contribution in [0.4, 0.5) is 0 Å². The Balaban J connectivity index is 2.52. The minimum atomic E-state index is 0.412. The van der Waals surface area contributed by atoms with Crippen molar-refractivity contribution in [2.45, 2.75) is 25.3 Å². The molecule has 2 N–H and O–H groups in total. The second kappa shape index (κ2) is 8.25. The summed E-state index contributed by atoms with van der Waals surface area (Å²) in [5.41, 5.74) is 7.27. The van der Waals surface area contributed by atoms with E-state index in [-0.39, 0.29) is 0 Å². The summed E-state index contributed by atoms with van der Waals surface area (Å²) in [6.07, 6.45) is 1.08. The van der Waals surface area contributed by atoms with Crippen LogP contribution in [-0.4, -0.2) is 44.8 Å². The molecule has 1 aromatic carbocycles. The molecule has 1 rings (SSSR count). The highest BCUT2D eigenvalue weighted by Crippen LogP contribution is 2.21. The van der Waals surface area contributed by atoms with Gasteiger partial charge in [-0.05, 0) is 24.9 Å². The van der Waals surface area contributed by atoms with Crippen molar-refractivity contribution in [1.82, 2.24) is 4.90 Å². The quantitative estimate of drug-likeness (QED) is 0.768. The molecule has 0 radical (unpaired) electrons. The zero-order valence-corrected chi connectivity index (χ0v) is 11.8. The zero-order valence-electron chi connectivity index (χ0n) is 11.8. The molecule has 102 valence electrons. The highest BCUT2D eigenvalue weighted by atomic mass is 16.5. The largest absolute Gasteiger partial charge is 0.383 e. The van der Waals surface area contributed by atoms with Gasteiger partial charge in [0.25, 0.3) is 0 Å². The Kier molecular flexibility index (Phi) is 6.94. The van der Waals surface area contributed by atoms with Gasteiger partial charge < -0.3 is 10.5 Å². The van der Waals surface area contributed by atoms with Gasteiger partial charge in [0.05, 0.1) is 6.61 Å². The van der Waals surface area contributed by atoms with E-state index in [1.165, 1.54) is 5.56 Å². The number of hydrogen-bond donors (Lipinski definition) is 1. The average Bonchev–Trinajstić information content (AvgIpc) is 2.42. The van der Waals surface area contributed by atoms with E-state index in [1.807, 2.05) is 0 Å². The van der Waals surface area contributed by atoms with E-state index in [0.29, 0.717) is 18.5 Å². The fraction of sp³-hybridized carbons (Fsp3) is 0.600. The third-order valence-electron chi connectivity index (χ3n) is 3.54. The molecule has 3 heteroatoms. The molecule has 2 atom stereocenters. The van der Waals surface area contributed by atoms with Crippen LogP contribution in [0.3, 0.4) is 0 Å². The summed E-state index contributed by atoms with van der Waals surface area (Å²) in [7, 11) is 3.85. The third kappa shape index (κ3) is 4.77. The van der Waals surface area contributed by atoms with Crippen molar-refractivity contribution in [3.8, 4) is 0 Å². The first-order valence-electron chi connectivity index (χ1n) is 6.63. The first kappa shape index (κ1) is 15.2. The molecular weight excluding hydrogens is 224 g/mol. The number of ether oxygens (including phenoxy) is 1. The molecule has 0 aromatic heterocycles. The Hall–Kier alpha value is -0.900. The number of nitrogens with zero attached hydrogens (tertiary/aromatic N) is 1. The summed E-state index contributed by atoms with van der Waals surface area (Å²) in [4.78, 5) is 2.29. The Morgan fingerprint density at radius 1 is 1.28 bits per heavy atom. The van der Waals surface area contributed by atoms with E-state index < -0.39 is 0 Å². The highest BCUT2D eigenvalue weighted by molar-refractivity contribution is 5.18. The molecule has 3 nitrogen and oxygen atoms in total. The second-order valence-corrected chi connectivity index (χ2v) is 4.91. The van der Waals surface area contributed by atoms with Crippen LogP contribution in [-0.2, 0) is 4.74 Å². The lowest BCUT2D eigenvalue weighted by Crippen LogP contribution is -2.40. The zero-order chi connectivity index (χ0) is 13.4. The lowest BCUT2D eigenvalue weighted by atomic mass is 9.93. The first-order chi connectivity index (χ1) is 8.69. The summed E-state index contributed by atoms with van der Waals surface area (Å²) in [5.74, 6) is 0.532. The van der Waals surface area contributed by atoms with Crippen LogP contribution >= 0.6 is 0 Å². The second-order valence-electron chi connectivity index (χ2n) is 4.91. The van der Waals surface area contributed by atoms with E-state index >= 15 is 0 Å².